The molecule has 0 heterocycles. The molecule has 0 aliphatic heterocycles. The standard InChI is InChI=1S/C14H9F3O2S/c15-14(16,17)11-3-1-2-4-12(11)20-10-7-5-9(6-8-10)13(18)19/h1-8H,(H,18,19). The molecule has 0 saturated carbocycles. The Bertz CT molecular complexity index is 621. The van der Waals surface area contributed by atoms with Gasteiger partial charge in [-0.3, -0.25) is 0 Å². The number of aromatic carboxylic acids is 1. The van der Waals surface area contributed by atoms with Gasteiger partial charge in [-0.25, -0.2) is 4.79 Å². The summed E-state index contributed by atoms with van der Waals surface area (Å²) in [4.78, 5) is 11.3. The first-order valence-corrected chi connectivity index (χ1v) is 6.37. The Balaban J connectivity index is 2.28. The van der Waals surface area contributed by atoms with Crippen LogP contribution in [-0.4, -0.2) is 11.1 Å². The number of carboxylic acids is 1. The molecular weight excluding hydrogens is 289 g/mol. The van der Waals surface area contributed by atoms with E-state index in [9.17, 15) is 18.0 Å². The maximum Gasteiger partial charge on any atom is 0.417 e. The summed E-state index contributed by atoms with van der Waals surface area (Å²) in [7, 11) is 0. The van der Waals surface area contributed by atoms with E-state index in [-0.39, 0.29) is 10.5 Å². The van der Waals surface area contributed by atoms with Gasteiger partial charge in [0.1, 0.15) is 0 Å². The first-order valence-electron chi connectivity index (χ1n) is 5.55. The van der Waals surface area contributed by atoms with Crippen molar-refractivity contribution in [1.29, 1.82) is 0 Å². The van der Waals surface area contributed by atoms with Gasteiger partial charge in [0.05, 0.1) is 11.1 Å². The molecule has 0 radical (unpaired) electrons. The van der Waals surface area contributed by atoms with Crippen molar-refractivity contribution < 1.29 is 23.1 Å². The number of carboxylic acid groups (broad SMARTS) is 1. The highest BCUT2D eigenvalue weighted by atomic mass is 32.2. The summed E-state index contributed by atoms with van der Waals surface area (Å²) in [6.45, 7) is 0. The zero-order valence-electron chi connectivity index (χ0n) is 10.0. The fourth-order valence-corrected chi connectivity index (χ4v) is 2.55. The van der Waals surface area contributed by atoms with E-state index in [2.05, 4.69) is 0 Å². The van der Waals surface area contributed by atoms with Crippen molar-refractivity contribution in [1.82, 2.24) is 0 Å². The fraction of sp³-hybridized carbons (Fsp3) is 0.0714. The summed E-state index contributed by atoms with van der Waals surface area (Å²) in [6.07, 6.45) is -4.41. The molecule has 104 valence electrons. The second-order valence-electron chi connectivity index (χ2n) is 3.93. The predicted octanol–water partition coefficient (Wildman–Crippen LogP) is 4.55. The highest BCUT2D eigenvalue weighted by Crippen LogP contribution is 2.39. The number of rotatable bonds is 3. The van der Waals surface area contributed by atoms with Crippen LogP contribution in [0.25, 0.3) is 0 Å². The van der Waals surface area contributed by atoms with Crippen LogP contribution in [0.3, 0.4) is 0 Å². The van der Waals surface area contributed by atoms with E-state index in [4.69, 9.17) is 5.11 Å². The first-order chi connectivity index (χ1) is 9.38. The molecule has 0 aliphatic rings. The first kappa shape index (κ1) is 14.5. The van der Waals surface area contributed by atoms with Gasteiger partial charge in [-0.15, -0.1) is 0 Å². The lowest BCUT2D eigenvalue weighted by Crippen LogP contribution is -2.06. The lowest BCUT2D eigenvalue weighted by molar-refractivity contribution is -0.139. The van der Waals surface area contributed by atoms with Gasteiger partial charge in [-0.1, -0.05) is 23.9 Å². The Morgan fingerprint density at radius 1 is 1.00 bits per heavy atom. The second kappa shape index (κ2) is 5.58. The van der Waals surface area contributed by atoms with Gasteiger partial charge in [0.15, 0.2) is 0 Å². The molecule has 0 saturated heterocycles. The quantitative estimate of drug-likeness (QED) is 0.903. The van der Waals surface area contributed by atoms with Crippen molar-refractivity contribution in [2.75, 3.05) is 0 Å². The number of halogens is 3. The van der Waals surface area contributed by atoms with Crippen LogP contribution in [0.1, 0.15) is 15.9 Å². The fourth-order valence-electron chi connectivity index (χ4n) is 1.58. The van der Waals surface area contributed by atoms with Crippen molar-refractivity contribution in [3.05, 3.63) is 59.7 Å². The van der Waals surface area contributed by atoms with Crippen molar-refractivity contribution in [2.24, 2.45) is 0 Å². The monoisotopic (exact) mass is 298 g/mol. The van der Waals surface area contributed by atoms with E-state index in [1.54, 1.807) is 0 Å². The molecule has 0 fully saturated rings. The highest BCUT2D eigenvalue weighted by molar-refractivity contribution is 7.99. The average molecular weight is 298 g/mol. The van der Waals surface area contributed by atoms with Crippen LogP contribution in [0.4, 0.5) is 13.2 Å². The molecule has 2 nitrogen and oxygen atoms in total. The normalized spacial score (nSPS) is 11.3. The van der Waals surface area contributed by atoms with E-state index in [0.29, 0.717) is 4.90 Å². The van der Waals surface area contributed by atoms with E-state index < -0.39 is 17.7 Å². The second-order valence-corrected chi connectivity index (χ2v) is 5.04. The molecule has 2 rings (SSSR count). The highest BCUT2D eigenvalue weighted by Gasteiger charge is 2.33. The number of hydrogen-bond donors (Lipinski definition) is 1. The van der Waals surface area contributed by atoms with Crippen molar-refractivity contribution in [3.63, 3.8) is 0 Å². The van der Waals surface area contributed by atoms with Gasteiger partial charge in [0, 0.05) is 9.79 Å². The summed E-state index contributed by atoms with van der Waals surface area (Å²) in [5.41, 5.74) is -0.606. The van der Waals surface area contributed by atoms with Gasteiger partial charge in [0.2, 0.25) is 0 Å². The molecule has 0 bridgehead atoms. The molecule has 2 aromatic carbocycles. The SMILES string of the molecule is O=C(O)c1ccc(Sc2ccccc2C(F)(F)F)cc1. The van der Waals surface area contributed by atoms with Gasteiger partial charge in [-0.05, 0) is 36.4 Å². The smallest absolute Gasteiger partial charge is 0.417 e. The van der Waals surface area contributed by atoms with Crippen molar-refractivity contribution >= 4 is 17.7 Å². The molecule has 0 aliphatic carbocycles. The van der Waals surface area contributed by atoms with Gasteiger partial charge in [0.25, 0.3) is 0 Å². The molecular formula is C14H9F3O2S. The molecule has 0 atom stereocenters. The van der Waals surface area contributed by atoms with Crippen molar-refractivity contribution in [2.45, 2.75) is 16.0 Å². The lowest BCUT2D eigenvalue weighted by Gasteiger charge is -2.12. The van der Waals surface area contributed by atoms with Gasteiger partial charge < -0.3 is 5.11 Å². The van der Waals surface area contributed by atoms with E-state index in [1.807, 2.05) is 0 Å². The summed E-state index contributed by atoms with van der Waals surface area (Å²) >= 11 is 0.949. The summed E-state index contributed by atoms with van der Waals surface area (Å²) < 4.78 is 38.5. The van der Waals surface area contributed by atoms with Gasteiger partial charge in [-0.2, -0.15) is 13.2 Å². The molecule has 0 spiro atoms. The largest absolute Gasteiger partial charge is 0.478 e. The van der Waals surface area contributed by atoms with Crippen LogP contribution >= 0.6 is 11.8 Å². The van der Waals surface area contributed by atoms with Crippen LogP contribution in [0, 0.1) is 0 Å². The molecule has 6 heteroatoms. The maximum absolute atomic E-state index is 12.8. The van der Waals surface area contributed by atoms with Gasteiger partial charge >= 0.3 is 12.1 Å². The Morgan fingerprint density at radius 3 is 2.15 bits per heavy atom. The minimum Gasteiger partial charge on any atom is -0.478 e. The van der Waals surface area contributed by atoms with Crippen LogP contribution < -0.4 is 0 Å². The number of carbonyl (C=O) groups is 1. The zero-order chi connectivity index (χ0) is 14.8. The number of benzene rings is 2. The third-order valence-corrected chi connectivity index (χ3v) is 3.61. The zero-order valence-corrected chi connectivity index (χ0v) is 10.8. The Labute approximate surface area is 117 Å². The van der Waals surface area contributed by atoms with Crippen LogP contribution in [-0.2, 0) is 6.18 Å². The van der Waals surface area contributed by atoms with Crippen LogP contribution in [0.15, 0.2) is 58.3 Å². The molecule has 2 aromatic rings. The number of hydrogen-bond acceptors (Lipinski definition) is 2. The summed E-state index contributed by atoms with van der Waals surface area (Å²) in [5, 5.41) is 8.76. The minimum absolute atomic E-state index is 0.0862. The molecule has 0 unspecified atom stereocenters. The van der Waals surface area contributed by atoms with E-state index in [1.165, 1.54) is 42.5 Å². The lowest BCUT2D eigenvalue weighted by atomic mass is 10.2. The molecule has 1 N–H and O–H groups in total. The maximum atomic E-state index is 12.8. The third-order valence-electron chi connectivity index (χ3n) is 2.52. The number of alkyl halides is 3. The Hall–Kier alpha value is -1.95. The molecule has 0 aromatic heterocycles. The van der Waals surface area contributed by atoms with E-state index >= 15 is 0 Å². The minimum atomic E-state index is -4.41. The molecule has 20 heavy (non-hydrogen) atoms. The Kier molecular flexibility index (Phi) is 4.04. The third kappa shape index (κ3) is 3.33. The molecule has 0 amide bonds. The summed E-state index contributed by atoms with van der Waals surface area (Å²) in [5.74, 6) is -1.07. The van der Waals surface area contributed by atoms with Crippen LogP contribution in [0.2, 0.25) is 0 Å². The van der Waals surface area contributed by atoms with E-state index in [0.717, 1.165) is 17.8 Å². The van der Waals surface area contributed by atoms with Crippen molar-refractivity contribution in [3.8, 4) is 0 Å². The average Bonchev–Trinajstić information content (AvgIpc) is 2.38. The summed E-state index contributed by atoms with van der Waals surface area (Å²) in [6, 6.07) is 11.0. The Morgan fingerprint density at radius 2 is 1.60 bits per heavy atom. The van der Waals surface area contributed by atoms with Crippen LogP contribution in [0.5, 0.6) is 0 Å². The predicted molar refractivity (Wildman–Crippen MR) is 69.0 cm³/mol. The topological polar surface area (TPSA) is 37.3 Å².